The van der Waals surface area contributed by atoms with Crippen LogP contribution in [0.2, 0.25) is 0 Å². The fraction of sp³-hybridized carbons (Fsp3) is 0. The summed E-state index contributed by atoms with van der Waals surface area (Å²) in [6, 6.07) is 13.7. The number of nitrogens with two attached hydrogens (primary N) is 1. The first-order valence-electron chi connectivity index (χ1n) is 4.90. The number of benzene rings is 2. The van der Waals surface area contributed by atoms with Crippen LogP contribution in [0.1, 0.15) is 0 Å². The summed E-state index contributed by atoms with van der Waals surface area (Å²) in [5.41, 5.74) is 6.32. The van der Waals surface area contributed by atoms with Gasteiger partial charge in [-0.1, -0.05) is 31.9 Å². The van der Waals surface area contributed by atoms with Crippen LogP contribution in [0.4, 0.5) is 11.4 Å². The number of anilines is 1. The van der Waals surface area contributed by atoms with Crippen molar-refractivity contribution in [2.24, 2.45) is 0 Å². The van der Waals surface area contributed by atoms with Gasteiger partial charge in [0.1, 0.15) is 0 Å². The molecular formula is C12H10Br2N2O2. The van der Waals surface area contributed by atoms with Gasteiger partial charge in [-0.2, -0.15) is 0 Å². The van der Waals surface area contributed by atoms with Gasteiger partial charge in [0.15, 0.2) is 0 Å². The normalized spacial score (nSPS) is 9.22. The molecule has 0 aromatic heterocycles. The Bertz CT molecular complexity index is 492. The van der Waals surface area contributed by atoms with E-state index in [9.17, 15) is 10.1 Å². The molecule has 0 heterocycles. The summed E-state index contributed by atoms with van der Waals surface area (Å²) in [5.74, 6) is 0. The molecule has 0 radical (unpaired) electrons. The minimum Gasteiger partial charge on any atom is -0.399 e. The van der Waals surface area contributed by atoms with E-state index in [2.05, 4.69) is 31.9 Å². The van der Waals surface area contributed by atoms with Crippen molar-refractivity contribution < 1.29 is 4.92 Å². The van der Waals surface area contributed by atoms with E-state index in [1.807, 2.05) is 24.3 Å². The maximum absolute atomic E-state index is 10.1. The van der Waals surface area contributed by atoms with Gasteiger partial charge >= 0.3 is 0 Å². The Hall–Kier alpha value is -1.40. The summed E-state index contributed by atoms with van der Waals surface area (Å²) < 4.78 is 1.91. The largest absolute Gasteiger partial charge is 0.399 e. The molecule has 2 aromatic carbocycles. The average molecular weight is 374 g/mol. The summed E-state index contributed by atoms with van der Waals surface area (Å²) >= 11 is 6.46. The lowest BCUT2D eigenvalue weighted by molar-refractivity contribution is -0.384. The standard InChI is InChI=1S/C6H4BrNO2.C6H6BrN/c7-5-1-3-6(4-2-5)8(9)10;7-5-1-3-6(8)4-2-5/h1-4H;1-4H,8H2. The molecule has 6 heteroatoms. The van der Waals surface area contributed by atoms with Gasteiger partial charge in [-0.3, -0.25) is 10.1 Å². The molecule has 0 aliphatic heterocycles. The Labute approximate surface area is 121 Å². The fourth-order valence-electron chi connectivity index (χ4n) is 1.03. The van der Waals surface area contributed by atoms with E-state index in [-0.39, 0.29) is 5.69 Å². The lowest BCUT2D eigenvalue weighted by atomic mass is 10.3. The fourth-order valence-corrected chi connectivity index (χ4v) is 1.55. The van der Waals surface area contributed by atoms with Gasteiger partial charge in [0.25, 0.3) is 5.69 Å². The number of hydrogen-bond acceptors (Lipinski definition) is 3. The second kappa shape index (κ2) is 7.13. The molecule has 94 valence electrons. The van der Waals surface area contributed by atoms with Crippen LogP contribution in [0.5, 0.6) is 0 Å². The van der Waals surface area contributed by atoms with Crippen molar-refractivity contribution in [3.63, 3.8) is 0 Å². The minimum atomic E-state index is -0.424. The lowest BCUT2D eigenvalue weighted by Gasteiger charge is -1.88. The molecule has 0 unspecified atom stereocenters. The maximum atomic E-state index is 10.1. The Kier molecular flexibility index (Phi) is 5.80. The monoisotopic (exact) mass is 372 g/mol. The van der Waals surface area contributed by atoms with Crippen molar-refractivity contribution >= 4 is 43.2 Å². The van der Waals surface area contributed by atoms with Crippen LogP contribution < -0.4 is 5.73 Å². The number of hydrogen-bond donors (Lipinski definition) is 1. The molecule has 0 atom stereocenters. The SMILES string of the molecule is Nc1ccc(Br)cc1.O=[N+]([O-])c1ccc(Br)cc1. The zero-order chi connectivity index (χ0) is 13.5. The zero-order valence-electron chi connectivity index (χ0n) is 9.22. The number of nitro benzene ring substituents is 1. The van der Waals surface area contributed by atoms with E-state index in [1.54, 1.807) is 12.1 Å². The highest BCUT2D eigenvalue weighted by Gasteiger charge is 2.01. The van der Waals surface area contributed by atoms with Gasteiger partial charge in [-0.25, -0.2) is 0 Å². The molecule has 0 bridgehead atoms. The van der Waals surface area contributed by atoms with Gasteiger partial charge in [-0.05, 0) is 36.4 Å². The Morgan fingerprint density at radius 1 is 0.889 bits per heavy atom. The molecule has 0 aliphatic carbocycles. The maximum Gasteiger partial charge on any atom is 0.269 e. The van der Waals surface area contributed by atoms with E-state index in [0.717, 1.165) is 14.6 Å². The Morgan fingerprint density at radius 3 is 1.61 bits per heavy atom. The molecule has 0 saturated carbocycles. The Balaban J connectivity index is 0.000000184. The van der Waals surface area contributed by atoms with Gasteiger partial charge in [0.05, 0.1) is 4.92 Å². The molecule has 4 nitrogen and oxygen atoms in total. The predicted octanol–water partition coefficient (Wildman–Crippen LogP) is 4.39. The second-order valence-corrected chi connectivity index (χ2v) is 5.12. The van der Waals surface area contributed by atoms with Crippen LogP contribution >= 0.6 is 31.9 Å². The third kappa shape index (κ3) is 5.29. The first kappa shape index (κ1) is 14.7. The molecule has 2 N–H and O–H groups in total. The molecular weight excluding hydrogens is 364 g/mol. The van der Waals surface area contributed by atoms with Crippen LogP contribution in [-0.2, 0) is 0 Å². The smallest absolute Gasteiger partial charge is 0.269 e. The Morgan fingerprint density at radius 2 is 1.28 bits per heavy atom. The van der Waals surface area contributed by atoms with E-state index < -0.39 is 4.92 Å². The molecule has 0 fully saturated rings. The van der Waals surface area contributed by atoms with Crippen molar-refractivity contribution in [3.05, 3.63) is 67.6 Å². The highest BCUT2D eigenvalue weighted by molar-refractivity contribution is 9.10. The topological polar surface area (TPSA) is 69.2 Å². The third-order valence-electron chi connectivity index (χ3n) is 1.91. The average Bonchev–Trinajstić information content (AvgIpc) is 2.34. The number of non-ortho nitro benzene ring substituents is 1. The van der Waals surface area contributed by atoms with Crippen LogP contribution in [0.25, 0.3) is 0 Å². The minimum absolute atomic E-state index is 0.114. The summed E-state index contributed by atoms with van der Waals surface area (Å²) in [6.07, 6.45) is 0. The van der Waals surface area contributed by atoms with Crippen LogP contribution in [0, 0.1) is 10.1 Å². The number of rotatable bonds is 1. The highest BCUT2D eigenvalue weighted by Crippen LogP contribution is 2.15. The van der Waals surface area contributed by atoms with Gasteiger partial charge in [0, 0.05) is 26.8 Å². The third-order valence-corrected chi connectivity index (χ3v) is 2.96. The molecule has 0 saturated heterocycles. The van der Waals surface area contributed by atoms with Crippen LogP contribution in [0.3, 0.4) is 0 Å². The first-order valence-corrected chi connectivity index (χ1v) is 6.48. The zero-order valence-corrected chi connectivity index (χ0v) is 12.4. The molecule has 2 aromatic rings. The van der Waals surface area contributed by atoms with Crippen molar-refractivity contribution in [1.82, 2.24) is 0 Å². The van der Waals surface area contributed by atoms with Crippen molar-refractivity contribution in [2.75, 3.05) is 5.73 Å². The number of nitrogen functional groups attached to an aromatic ring is 1. The highest BCUT2D eigenvalue weighted by atomic mass is 79.9. The molecule has 0 amide bonds. The van der Waals surface area contributed by atoms with Crippen molar-refractivity contribution in [2.45, 2.75) is 0 Å². The number of nitrogens with zero attached hydrogens (tertiary/aromatic N) is 1. The van der Waals surface area contributed by atoms with Gasteiger partial charge in [-0.15, -0.1) is 0 Å². The molecule has 18 heavy (non-hydrogen) atoms. The quantitative estimate of drug-likeness (QED) is 0.457. The molecule has 0 spiro atoms. The summed E-state index contributed by atoms with van der Waals surface area (Å²) in [7, 11) is 0. The van der Waals surface area contributed by atoms with Crippen molar-refractivity contribution in [1.29, 1.82) is 0 Å². The molecule has 2 rings (SSSR count). The van der Waals surface area contributed by atoms with Crippen LogP contribution in [-0.4, -0.2) is 4.92 Å². The summed E-state index contributed by atoms with van der Waals surface area (Å²) in [5, 5.41) is 10.1. The first-order chi connectivity index (χ1) is 8.49. The van der Waals surface area contributed by atoms with E-state index in [4.69, 9.17) is 5.73 Å². The summed E-state index contributed by atoms with van der Waals surface area (Å²) in [6.45, 7) is 0. The van der Waals surface area contributed by atoms with E-state index in [0.29, 0.717) is 0 Å². The number of nitro groups is 1. The molecule has 0 aliphatic rings. The summed E-state index contributed by atoms with van der Waals surface area (Å²) in [4.78, 5) is 9.68. The van der Waals surface area contributed by atoms with Gasteiger partial charge < -0.3 is 5.73 Å². The van der Waals surface area contributed by atoms with E-state index >= 15 is 0 Å². The van der Waals surface area contributed by atoms with Gasteiger partial charge in [0.2, 0.25) is 0 Å². The van der Waals surface area contributed by atoms with Crippen molar-refractivity contribution in [3.8, 4) is 0 Å². The number of halogens is 2. The van der Waals surface area contributed by atoms with Crippen LogP contribution in [0.15, 0.2) is 57.5 Å². The van der Waals surface area contributed by atoms with E-state index in [1.165, 1.54) is 12.1 Å². The lowest BCUT2D eigenvalue weighted by Crippen LogP contribution is -1.85. The predicted molar refractivity (Wildman–Crippen MR) is 79.4 cm³/mol. The second-order valence-electron chi connectivity index (χ2n) is 3.29.